The monoisotopic (exact) mass is 479 g/mol. The number of non-ortho nitro benzene ring substituents is 1. The van der Waals surface area contributed by atoms with E-state index in [4.69, 9.17) is 4.74 Å². The van der Waals surface area contributed by atoms with E-state index < -0.39 is 39.1 Å². The maximum absolute atomic E-state index is 12.9. The second kappa shape index (κ2) is 9.62. The number of amides is 1. The number of rotatable bonds is 8. The number of nitro benzene ring substituents is 1. The highest BCUT2D eigenvalue weighted by Crippen LogP contribution is 2.29. The minimum absolute atomic E-state index is 0.0370. The minimum atomic E-state index is -3.99. The zero-order valence-corrected chi connectivity index (χ0v) is 17.7. The smallest absolute Gasteiger partial charge is 0.310 e. The Morgan fingerprint density at radius 1 is 1.12 bits per heavy atom. The summed E-state index contributed by atoms with van der Waals surface area (Å²) >= 11 is 0.671. The van der Waals surface area contributed by atoms with Gasteiger partial charge in [-0.1, -0.05) is 23.5 Å². The first kappa shape index (κ1) is 23.0. The lowest BCUT2D eigenvalue weighted by Crippen LogP contribution is -2.21. The summed E-state index contributed by atoms with van der Waals surface area (Å²) in [6, 6.07) is 9.56. The average molecular weight is 479 g/mol. The van der Waals surface area contributed by atoms with Gasteiger partial charge in [0.05, 0.1) is 22.4 Å². The van der Waals surface area contributed by atoms with Gasteiger partial charge in [0.1, 0.15) is 10.0 Å². The molecule has 0 aliphatic carbocycles. The number of ether oxygens (including phenoxy) is 1. The normalized spacial score (nSPS) is 11.0. The number of hydrogen-bond acceptors (Lipinski definition) is 9. The quantitative estimate of drug-likeness (QED) is 0.295. The molecule has 166 valence electrons. The van der Waals surface area contributed by atoms with E-state index in [0.717, 1.165) is 30.5 Å². The number of carbonyl (C=O) groups excluding carboxylic acids is 2. The van der Waals surface area contributed by atoms with Crippen LogP contribution in [0.1, 0.15) is 5.56 Å². The van der Waals surface area contributed by atoms with E-state index in [2.05, 4.69) is 10.3 Å². The lowest BCUT2D eigenvalue weighted by molar-refractivity contribution is -0.384. The van der Waals surface area contributed by atoms with E-state index >= 15 is 0 Å². The highest BCUT2D eigenvalue weighted by Gasteiger charge is 2.22. The van der Waals surface area contributed by atoms with Gasteiger partial charge in [0.25, 0.3) is 11.6 Å². The molecule has 0 fully saturated rings. The number of sulfone groups is 1. The van der Waals surface area contributed by atoms with Crippen LogP contribution in [0.25, 0.3) is 0 Å². The van der Waals surface area contributed by atoms with Crippen molar-refractivity contribution in [2.45, 2.75) is 15.5 Å². The lowest BCUT2D eigenvalue weighted by Gasteiger charge is -2.05. The number of nitrogens with zero attached hydrogens (tertiary/aromatic N) is 2. The molecule has 2 aromatic carbocycles. The van der Waals surface area contributed by atoms with Gasteiger partial charge in [0.15, 0.2) is 11.7 Å². The van der Waals surface area contributed by atoms with E-state index in [9.17, 15) is 32.5 Å². The third kappa shape index (κ3) is 5.70. The summed E-state index contributed by atoms with van der Waals surface area (Å²) in [4.78, 5) is 37.4. The molecule has 0 atom stereocenters. The highest BCUT2D eigenvalue weighted by molar-refractivity contribution is 7.93. The van der Waals surface area contributed by atoms with Crippen molar-refractivity contribution in [1.29, 1.82) is 0 Å². The number of halogens is 1. The van der Waals surface area contributed by atoms with Crippen molar-refractivity contribution in [2.24, 2.45) is 0 Å². The van der Waals surface area contributed by atoms with Gasteiger partial charge in [0, 0.05) is 12.1 Å². The number of thiazole rings is 1. The van der Waals surface area contributed by atoms with E-state index in [0.29, 0.717) is 16.9 Å². The molecule has 0 saturated carbocycles. The van der Waals surface area contributed by atoms with Gasteiger partial charge in [-0.05, 0) is 29.8 Å². The Balaban J connectivity index is 1.56. The number of nitro groups is 1. The highest BCUT2D eigenvalue weighted by atomic mass is 32.2. The molecular formula is C19H14FN3O7S2. The molecule has 0 bridgehead atoms. The zero-order chi connectivity index (χ0) is 23.3. The third-order valence-corrected chi connectivity index (χ3v) is 7.12. The second-order valence-electron chi connectivity index (χ2n) is 6.25. The van der Waals surface area contributed by atoms with E-state index in [1.165, 1.54) is 24.3 Å². The summed E-state index contributed by atoms with van der Waals surface area (Å²) in [6.07, 6.45) is 0.889. The molecule has 0 aliphatic heterocycles. The van der Waals surface area contributed by atoms with Gasteiger partial charge < -0.3 is 4.74 Å². The van der Waals surface area contributed by atoms with Crippen LogP contribution >= 0.6 is 11.3 Å². The van der Waals surface area contributed by atoms with Crippen molar-refractivity contribution >= 4 is 43.9 Å². The Labute approximate surface area is 184 Å². The molecule has 1 N–H and O–H groups in total. The van der Waals surface area contributed by atoms with Crippen LogP contribution in [0.3, 0.4) is 0 Å². The molecule has 1 heterocycles. The molecule has 3 rings (SSSR count). The molecule has 1 amide bonds. The molecule has 10 nitrogen and oxygen atoms in total. The Kier molecular flexibility index (Phi) is 6.90. The van der Waals surface area contributed by atoms with Crippen LogP contribution in [-0.4, -0.2) is 36.8 Å². The summed E-state index contributed by atoms with van der Waals surface area (Å²) < 4.78 is 42.8. The zero-order valence-electron chi connectivity index (χ0n) is 16.1. The largest absolute Gasteiger partial charge is 0.455 e. The fourth-order valence-electron chi connectivity index (χ4n) is 2.43. The van der Waals surface area contributed by atoms with Gasteiger partial charge in [-0.2, -0.15) is 0 Å². The number of hydrogen-bond donors (Lipinski definition) is 1. The third-order valence-electron chi connectivity index (χ3n) is 3.98. The van der Waals surface area contributed by atoms with Crippen LogP contribution in [0.4, 0.5) is 15.2 Å². The SMILES string of the molecule is O=C(COC(=O)Cc1ccc(F)cc1)Nc1ncc(S(=O)(=O)c2ccc([N+](=O)[O-])cc2)s1. The maximum atomic E-state index is 12.9. The van der Waals surface area contributed by atoms with Gasteiger partial charge in [-0.3, -0.25) is 25.0 Å². The molecule has 32 heavy (non-hydrogen) atoms. The maximum Gasteiger partial charge on any atom is 0.310 e. The predicted octanol–water partition coefficient (Wildman–Crippen LogP) is 2.75. The summed E-state index contributed by atoms with van der Waals surface area (Å²) in [7, 11) is -3.99. The van der Waals surface area contributed by atoms with Gasteiger partial charge in [-0.15, -0.1) is 0 Å². The number of nitrogens with one attached hydrogen (secondary N) is 1. The first-order valence-corrected chi connectivity index (χ1v) is 11.1. The van der Waals surface area contributed by atoms with E-state index in [1.54, 1.807) is 0 Å². The van der Waals surface area contributed by atoms with Crippen molar-refractivity contribution < 1.29 is 32.1 Å². The number of anilines is 1. The van der Waals surface area contributed by atoms with Crippen molar-refractivity contribution in [1.82, 2.24) is 4.98 Å². The molecule has 3 aromatic rings. The number of carbonyl (C=O) groups is 2. The van der Waals surface area contributed by atoms with Crippen LogP contribution in [0.2, 0.25) is 0 Å². The van der Waals surface area contributed by atoms with Gasteiger partial charge in [-0.25, -0.2) is 17.8 Å². The summed E-state index contributed by atoms with van der Waals surface area (Å²) in [5, 5.41) is 13.0. The molecule has 0 saturated heterocycles. The molecule has 0 unspecified atom stereocenters. The van der Waals surface area contributed by atoms with Gasteiger partial charge >= 0.3 is 5.97 Å². The molecular weight excluding hydrogens is 465 g/mol. The molecule has 0 spiro atoms. The van der Waals surface area contributed by atoms with Crippen molar-refractivity contribution in [2.75, 3.05) is 11.9 Å². The Morgan fingerprint density at radius 2 is 1.78 bits per heavy atom. The second-order valence-corrected chi connectivity index (χ2v) is 9.46. The number of esters is 1. The van der Waals surface area contributed by atoms with Gasteiger partial charge in [0.2, 0.25) is 9.84 Å². The van der Waals surface area contributed by atoms with Crippen LogP contribution in [-0.2, 0) is 30.6 Å². The van der Waals surface area contributed by atoms with Crippen LogP contribution in [0.5, 0.6) is 0 Å². The van der Waals surface area contributed by atoms with Crippen LogP contribution in [0.15, 0.2) is 63.8 Å². The van der Waals surface area contributed by atoms with Crippen molar-refractivity contribution in [3.63, 3.8) is 0 Å². The first-order valence-electron chi connectivity index (χ1n) is 8.80. The van der Waals surface area contributed by atoms with Crippen molar-refractivity contribution in [3.05, 3.63) is 76.2 Å². The first-order chi connectivity index (χ1) is 15.1. The number of aromatic nitrogens is 1. The standard InChI is InChI=1S/C19H14FN3O7S2/c20-13-3-1-12(2-4-13)9-17(25)30-11-16(24)22-19-21-10-18(31-19)32(28,29)15-7-5-14(6-8-15)23(26)27/h1-8,10H,9,11H2,(H,21,22,24). The molecule has 13 heteroatoms. The summed E-state index contributed by atoms with van der Waals surface area (Å²) in [5.74, 6) is -1.88. The van der Waals surface area contributed by atoms with E-state index in [-0.39, 0.29) is 26.3 Å². The van der Waals surface area contributed by atoms with Crippen molar-refractivity contribution in [3.8, 4) is 0 Å². The Bertz CT molecular complexity index is 1260. The van der Waals surface area contributed by atoms with E-state index in [1.807, 2.05) is 0 Å². The Morgan fingerprint density at radius 3 is 2.41 bits per heavy atom. The average Bonchev–Trinajstić information content (AvgIpc) is 3.23. The summed E-state index contributed by atoms with van der Waals surface area (Å²) in [5.41, 5.74) is 0.257. The molecule has 0 aliphatic rings. The fraction of sp³-hybridized carbons (Fsp3) is 0.105. The topological polar surface area (TPSA) is 146 Å². The lowest BCUT2D eigenvalue weighted by atomic mass is 10.1. The predicted molar refractivity (Wildman–Crippen MR) is 110 cm³/mol. The van der Waals surface area contributed by atoms with Crippen LogP contribution < -0.4 is 5.32 Å². The fourth-order valence-corrected chi connectivity index (χ4v) is 4.87. The number of benzene rings is 2. The summed E-state index contributed by atoms with van der Waals surface area (Å²) in [6.45, 7) is -0.621. The Hall–Kier alpha value is -3.71. The van der Waals surface area contributed by atoms with Crippen LogP contribution in [0, 0.1) is 15.9 Å². The minimum Gasteiger partial charge on any atom is -0.455 e. The molecule has 0 radical (unpaired) electrons. The molecule has 1 aromatic heterocycles.